The molecule has 88 valence electrons. The van der Waals surface area contributed by atoms with Crippen molar-refractivity contribution in [1.29, 1.82) is 0 Å². The highest BCUT2D eigenvalue weighted by Crippen LogP contribution is 2.31. The molecule has 1 aliphatic heterocycles. The first-order valence-corrected chi connectivity index (χ1v) is 5.85. The molecule has 1 aromatic carbocycles. The Labute approximate surface area is 96.2 Å². The smallest absolute Gasteiger partial charge is 0.146 e. The molecule has 0 radical (unpaired) electrons. The van der Waals surface area contributed by atoms with Crippen LogP contribution >= 0.6 is 0 Å². The second kappa shape index (κ2) is 4.42. The molecule has 0 atom stereocenters. The standard InChI is InChI=1S/C13H19FN2/c1-9(2)11-7-16(8-11)13-4-3-10(6-15)5-12(13)14/h3-5,9,11H,6-8,15H2,1-2H3. The molecule has 2 N–H and O–H groups in total. The maximum absolute atomic E-state index is 13.7. The summed E-state index contributed by atoms with van der Waals surface area (Å²) in [6.07, 6.45) is 0. The van der Waals surface area contributed by atoms with Gasteiger partial charge in [-0.05, 0) is 29.5 Å². The van der Waals surface area contributed by atoms with Gasteiger partial charge in [0.1, 0.15) is 5.82 Å². The van der Waals surface area contributed by atoms with Crippen molar-refractivity contribution in [3.63, 3.8) is 0 Å². The van der Waals surface area contributed by atoms with E-state index in [2.05, 4.69) is 18.7 Å². The summed E-state index contributed by atoms with van der Waals surface area (Å²) in [5.41, 5.74) is 7.04. The van der Waals surface area contributed by atoms with Crippen molar-refractivity contribution in [2.45, 2.75) is 20.4 Å². The van der Waals surface area contributed by atoms with E-state index in [1.165, 1.54) is 6.07 Å². The van der Waals surface area contributed by atoms with Gasteiger partial charge in [0.2, 0.25) is 0 Å². The lowest BCUT2D eigenvalue weighted by Crippen LogP contribution is -2.49. The average Bonchev–Trinajstić information content (AvgIpc) is 2.17. The summed E-state index contributed by atoms with van der Waals surface area (Å²) in [5, 5.41) is 0. The quantitative estimate of drug-likeness (QED) is 0.850. The van der Waals surface area contributed by atoms with E-state index in [-0.39, 0.29) is 5.82 Å². The van der Waals surface area contributed by atoms with Crippen molar-refractivity contribution in [2.24, 2.45) is 17.6 Å². The molecule has 1 saturated heterocycles. The lowest BCUT2D eigenvalue weighted by Gasteiger charge is -2.43. The minimum Gasteiger partial charge on any atom is -0.368 e. The number of anilines is 1. The molecule has 1 fully saturated rings. The Balaban J connectivity index is 2.06. The number of nitrogens with two attached hydrogens (primary N) is 1. The van der Waals surface area contributed by atoms with Crippen molar-refractivity contribution < 1.29 is 4.39 Å². The third-order valence-electron chi connectivity index (χ3n) is 3.44. The Bertz CT molecular complexity index is 370. The summed E-state index contributed by atoms with van der Waals surface area (Å²) < 4.78 is 13.7. The molecule has 1 aliphatic rings. The third kappa shape index (κ3) is 2.05. The highest BCUT2D eigenvalue weighted by atomic mass is 19.1. The SMILES string of the molecule is CC(C)C1CN(c2ccc(CN)cc2F)C1. The van der Waals surface area contributed by atoms with E-state index in [1.807, 2.05) is 12.1 Å². The van der Waals surface area contributed by atoms with Crippen molar-refractivity contribution in [3.05, 3.63) is 29.6 Å². The number of nitrogens with zero attached hydrogens (tertiary/aromatic N) is 1. The van der Waals surface area contributed by atoms with Crippen LogP contribution in [0.15, 0.2) is 18.2 Å². The van der Waals surface area contributed by atoms with Crippen molar-refractivity contribution in [1.82, 2.24) is 0 Å². The van der Waals surface area contributed by atoms with Gasteiger partial charge in [-0.3, -0.25) is 0 Å². The Kier molecular flexibility index (Phi) is 3.15. The van der Waals surface area contributed by atoms with Crippen molar-refractivity contribution in [3.8, 4) is 0 Å². The highest BCUT2D eigenvalue weighted by molar-refractivity contribution is 5.51. The van der Waals surface area contributed by atoms with E-state index in [9.17, 15) is 4.39 Å². The lowest BCUT2D eigenvalue weighted by atomic mass is 9.88. The van der Waals surface area contributed by atoms with E-state index in [4.69, 9.17) is 5.73 Å². The fourth-order valence-corrected chi connectivity index (χ4v) is 2.06. The van der Waals surface area contributed by atoms with Crippen LogP contribution in [0, 0.1) is 17.7 Å². The van der Waals surface area contributed by atoms with Crippen LogP contribution in [0.25, 0.3) is 0 Å². The molecule has 0 aliphatic carbocycles. The minimum atomic E-state index is -0.148. The number of benzene rings is 1. The first kappa shape index (κ1) is 11.4. The monoisotopic (exact) mass is 222 g/mol. The van der Waals surface area contributed by atoms with Gasteiger partial charge < -0.3 is 10.6 Å². The molecule has 1 aromatic rings. The van der Waals surface area contributed by atoms with E-state index in [1.54, 1.807) is 0 Å². The van der Waals surface area contributed by atoms with Crippen molar-refractivity contribution >= 4 is 5.69 Å². The molecule has 2 rings (SSSR count). The molecule has 2 nitrogen and oxygen atoms in total. The second-order valence-electron chi connectivity index (χ2n) is 4.90. The first-order valence-electron chi connectivity index (χ1n) is 5.85. The molecule has 16 heavy (non-hydrogen) atoms. The summed E-state index contributed by atoms with van der Waals surface area (Å²) in [5.74, 6) is 1.24. The minimum absolute atomic E-state index is 0.148. The van der Waals surface area contributed by atoms with Crippen LogP contribution in [0.1, 0.15) is 19.4 Å². The zero-order valence-electron chi connectivity index (χ0n) is 9.91. The van der Waals surface area contributed by atoms with E-state index in [0.717, 1.165) is 18.7 Å². The van der Waals surface area contributed by atoms with Crippen LogP contribution in [0.3, 0.4) is 0 Å². The molecule has 0 amide bonds. The van der Waals surface area contributed by atoms with Gasteiger partial charge in [0.25, 0.3) is 0 Å². The van der Waals surface area contributed by atoms with Crippen LogP contribution in [-0.4, -0.2) is 13.1 Å². The molecule has 0 bridgehead atoms. The van der Waals surface area contributed by atoms with Gasteiger partial charge in [-0.25, -0.2) is 4.39 Å². The molecule has 0 unspecified atom stereocenters. The lowest BCUT2D eigenvalue weighted by molar-refractivity contribution is 0.307. The summed E-state index contributed by atoms with van der Waals surface area (Å²) in [7, 11) is 0. The van der Waals surface area contributed by atoms with Gasteiger partial charge in [-0.1, -0.05) is 19.9 Å². The Morgan fingerprint density at radius 2 is 2.12 bits per heavy atom. The number of hydrogen-bond donors (Lipinski definition) is 1. The molecular weight excluding hydrogens is 203 g/mol. The van der Waals surface area contributed by atoms with Crippen LogP contribution in [0.2, 0.25) is 0 Å². The molecule has 0 saturated carbocycles. The fourth-order valence-electron chi connectivity index (χ4n) is 2.06. The first-order chi connectivity index (χ1) is 7.61. The van der Waals surface area contributed by atoms with Gasteiger partial charge in [-0.2, -0.15) is 0 Å². The molecule has 3 heteroatoms. The Morgan fingerprint density at radius 1 is 1.44 bits per heavy atom. The van der Waals surface area contributed by atoms with Gasteiger partial charge in [0.15, 0.2) is 0 Å². The summed E-state index contributed by atoms with van der Waals surface area (Å²) in [6, 6.07) is 5.28. The predicted octanol–water partition coefficient (Wildman–Crippen LogP) is 2.38. The number of halogens is 1. The van der Waals surface area contributed by atoms with Crippen LogP contribution in [0.4, 0.5) is 10.1 Å². The van der Waals surface area contributed by atoms with E-state index < -0.39 is 0 Å². The zero-order chi connectivity index (χ0) is 11.7. The van der Waals surface area contributed by atoms with Gasteiger partial charge >= 0.3 is 0 Å². The van der Waals surface area contributed by atoms with Crippen LogP contribution < -0.4 is 10.6 Å². The molecule has 0 spiro atoms. The predicted molar refractivity (Wildman–Crippen MR) is 64.8 cm³/mol. The number of hydrogen-bond acceptors (Lipinski definition) is 2. The second-order valence-corrected chi connectivity index (χ2v) is 4.90. The normalized spacial score (nSPS) is 16.7. The Hall–Kier alpha value is -1.09. The van der Waals surface area contributed by atoms with Crippen LogP contribution in [-0.2, 0) is 6.54 Å². The van der Waals surface area contributed by atoms with Gasteiger partial charge in [0.05, 0.1) is 5.69 Å². The number of rotatable bonds is 3. The molecule has 0 aromatic heterocycles. The van der Waals surface area contributed by atoms with E-state index >= 15 is 0 Å². The van der Waals surface area contributed by atoms with Crippen molar-refractivity contribution in [2.75, 3.05) is 18.0 Å². The van der Waals surface area contributed by atoms with Crippen LogP contribution in [0.5, 0.6) is 0 Å². The fraction of sp³-hybridized carbons (Fsp3) is 0.538. The molecule has 1 heterocycles. The zero-order valence-corrected chi connectivity index (χ0v) is 9.91. The van der Waals surface area contributed by atoms with Gasteiger partial charge in [-0.15, -0.1) is 0 Å². The summed E-state index contributed by atoms with van der Waals surface area (Å²) in [6.45, 7) is 6.77. The largest absolute Gasteiger partial charge is 0.368 e. The summed E-state index contributed by atoms with van der Waals surface area (Å²) in [4.78, 5) is 2.10. The summed E-state index contributed by atoms with van der Waals surface area (Å²) >= 11 is 0. The maximum Gasteiger partial charge on any atom is 0.146 e. The average molecular weight is 222 g/mol. The highest BCUT2D eigenvalue weighted by Gasteiger charge is 2.30. The third-order valence-corrected chi connectivity index (χ3v) is 3.44. The van der Waals surface area contributed by atoms with Gasteiger partial charge in [0, 0.05) is 19.6 Å². The topological polar surface area (TPSA) is 29.3 Å². The van der Waals surface area contributed by atoms with E-state index in [0.29, 0.717) is 24.1 Å². The maximum atomic E-state index is 13.7. The Morgan fingerprint density at radius 3 is 2.62 bits per heavy atom. The molecular formula is C13H19FN2.